The number of hydrogen-bond acceptors (Lipinski definition) is 4. The molecule has 1 aliphatic heterocycles. The molecule has 0 aromatic heterocycles. The average molecular weight is 381 g/mol. The van der Waals surface area contributed by atoms with Crippen molar-refractivity contribution < 1.29 is 19.1 Å². The van der Waals surface area contributed by atoms with Crippen LogP contribution in [0.2, 0.25) is 0 Å². The van der Waals surface area contributed by atoms with Crippen LogP contribution in [-0.4, -0.2) is 37.0 Å². The molecule has 7 heteroatoms. The maximum atomic E-state index is 12.5. The quantitative estimate of drug-likeness (QED) is 0.666. The highest BCUT2D eigenvalue weighted by Gasteiger charge is 2.21. The summed E-state index contributed by atoms with van der Waals surface area (Å²) in [6.07, 6.45) is 1.78. The molecule has 0 bridgehead atoms. The molecule has 0 aliphatic carbocycles. The molecule has 3 rings (SSSR count). The van der Waals surface area contributed by atoms with E-state index in [9.17, 15) is 14.4 Å². The van der Waals surface area contributed by atoms with E-state index in [1.165, 1.54) is 0 Å². The van der Waals surface area contributed by atoms with Crippen molar-refractivity contribution in [2.24, 2.45) is 0 Å². The molecule has 2 aromatic rings. The van der Waals surface area contributed by atoms with Crippen molar-refractivity contribution in [1.29, 1.82) is 0 Å². The highest BCUT2D eigenvalue weighted by Crippen LogP contribution is 2.15. The molecule has 1 heterocycles. The van der Waals surface area contributed by atoms with Gasteiger partial charge in [-0.3, -0.25) is 14.4 Å². The third kappa shape index (κ3) is 5.40. The summed E-state index contributed by atoms with van der Waals surface area (Å²) in [5.41, 5.74) is 1.54. The number of carbonyl (C=O) groups is 3. The number of hydrogen-bond donors (Lipinski definition) is 3. The smallest absolute Gasteiger partial charge is 0.313 e. The Morgan fingerprint density at radius 1 is 0.929 bits per heavy atom. The molecule has 0 spiro atoms. The summed E-state index contributed by atoms with van der Waals surface area (Å²) < 4.78 is 5.42. The summed E-state index contributed by atoms with van der Waals surface area (Å²) in [6.45, 7) is 1.34. The summed E-state index contributed by atoms with van der Waals surface area (Å²) in [6, 6.07) is 16.1. The predicted octanol–water partition coefficient (Wildman–Crippen LogP) is 1.85. The van der Waals surface area contributed by atoms with E-state index in [-0.39, 0.29) is 17.7 Å². The van der Waals surface area contributed by atoms with E-state index < -0.39 is 11.8 Å². The zero-order chi connectivity index (χ0) is 19.8. The molecule has 0 radical (unpaired) electrons. The van der Waals surface area contributed by atoms with Gasteiger partial charge in [-0.2, -0.15) is 0 Å². The number of rotatable bonds is 6. The van der Waals surface area contributed by atoms with Crippen LogP contribution in [-0.2, 0) is 20.9 Å². The SMILES string of the molecule is O=C(NC[C@H]1CCCO1)C(=O)Nc1ccccc1C(=O)NCc1ccccc1. The van der Waals surface area contributed by atoms with Crippen LogP contribution in [0, 0.1) is 0 Å². The Morgan fingerprint density at radius 2 is 1.68 bits per heavy atom. The fourth-order valence-electron chi connectivity index (χ4n) is 2.93. The van der Waals surface area contributed by atoms with Gasteiger partial charge >= 0.3 is 11.8 Å². The lowest BCUT2D eigenvalue weighted by Crippen LogP contribution is -2.39. The van der Waals surface area contributed by atoms with E-state index >= 15 is 0 Å². The molecule has 2 aromatic carbocycles. The molecule has 146 valence electrons. The zero-order valence-electron chi connectivity index (χ0n) is 15.4. The van der Waals surface area contributed by atoms with Crippen LogP contribution in [0.3, 0.4) is 0 Å². The predicted molar refractivity (Wildman–Crippen MR) is 105 cm³/mol. The first-order valence-electron chi connectivity index (χ1n) is 9.25. The highest BCUT2D eigenvalue weighted by molar-refractivity contribution is 6.40. The van der Waals surface area contributed by atoms with Gasteiger partial charge in [-0.05, 0) is 30.5 Å². The van der Waals surface area contributed by atoms with Crippen LogP contribution < -0.4 is 16.0 Å². The second kappa shape index (κ2) is 9.66. The van der Waals surface area contributed by atoms with E-state index in [4.69, 9.17) is 4.74 Å². The summed E-state index contributed by atoms with van der Waals surface area (Å²) in [5, 5.41) is 7.89. The Hall–Kier alpha value is -3.19. The lowest BCUT2D eigenvalue weighted by molar-refractivity contribution is -0.136. The zero-order valence-corrected chi connectivity index (χ0v) is 15.4. The second-order valence-corrected chi connectivity index (χ2v) is 6.51. The molecule has 1 atom stereocenters. The Morgan fingerprint density at radius 3 is 2.43 bits per heavy atom. The standard InChI is InChI=1S/C21H23N3O4/c25-19(22-13-15-7-2-1-3-8-15)17-10-4-5-11-18(17)24-21(27)20(26)23-14-16-9-6-12-28-16/h1-5,7-8,10-11,16H,6,9,12-14H2,(H,22,25)(H,23,26)(H,24,27)/t16-/m1/s1. The molecule has 1 saturated heterocycles. The van der Waals surface area contributed by atoms with Gasteiger partial charge in [0.1, 0.15) is 0 Å². The van der Waals surface area contributed by atoms with Gasteiger partial charge < -0.3 is 20.7 Å². The van der Waals surface area contributed by atoms with Gasteiger partial charge in [0.15, 0.2) is 0 Å². The number of anilines is 1. The van der Waals surface area contributed by atoms with Gasteiger partial charge in [0.25, 0.3) is 5.91 Å². The van der Waals surface area contributed by atoms with Crippen molar-refractivity contribution in [1.82, 2.24) is 10.6 Å². The average Bonchev–Trinajstić information content (AvgIpc) is 3.25. The van der Waals surface area contributed by atoms with E-state index in [1.54, 1.807) is 24.3 Å². The van der Waals surface area contributed by atoms with Crippen molar-refractivity contribution in [2.75, 3.05) is 18.5 Å². The van der Waals surface area contributed by atoms with Crippen molar-refractivity contribution >= 4 is 23.4 Å². The Bertz CT molecular complexity index is 833. The maximum absolute atomic E-state index is 12.5. The third-order valence-electron chi connectivity index (χ3n) is 4.44. The fraction of sp³-hybridized carbons (Fsp3) is 0.286. The Kier molecular flexibility index (Phi) is 6.75. The minimum Gasteiger partial charge on any atom is -0.376 e. The number of carbonyl (C=O) groups excluding carboxylic acids is 3. The molecule has 1 aliphatic rings. The first-order valence-corrected chi connectivity index (χ1v) is 9.25. The topological polar surface area (TPSA) is 96.5 Å². The van der Waals surface area contributed by atoms with Gasteiger partial charge in [-0.15, -0.1) is 0 Å². The third-order valence-corrected chi connectivity index (χ3v) is 4.44. The Labute approximate surface area is 163 Å². The highest BCUT2D eigenvalue weighted by atomic mass is 16.5. The summed E-state index contributed by atoms with van der Waals surface area (Å²) >= 11 is 0. The fourth-order valence-corrected chi connectivity index (χ4v) is 2.93. The minimum absolute atomic E-state index is 0.0483. The molecular formula is C21H23N3O4. The largest absolute Gasteiger partial charge is 0.376 e. The van der Waals surface area contributed by atoms with Crippen molar-refractivity contribution in [3.8, 4) is 0 Å². The van der Waals surface area contributed by atoms with Crippen LogP contribution in [0.15, 0.2) is 54.6 Å². The number of ether oxygens (including phenoxy) is 1. The van der Waals surface area contributed by atoms with Crippen molar-refractivity contribution in [3.05, 3.63) is 65.7 Å². The summed E-state index contributed by atoms with van der Waals surface area (Å²) in [7, 11) is 0. The maximum Gasteiger partial charge on any atom is 0.313 e. The van der Waals surface area contributed by atoms with Crippen LogP contribution in [0.1, 0.15) is 28.8 Å². The van der Waals surface area contributed by atoms with Gasteiger partial charge in [0.05, 0.1) is 17.4 Å². The van der Waals surface area contributed by atoms with Crippen molar-refractivity contribution in [3.63, 3.8) is 0 Å². The molecule has 0 unspecified atom stereocenters. The lowest BCUT2D eigenvalue weighted by atomic mass is 10.1. The molecule has 3 N–H and O–H groups in total. The van der Waals surface area contributed by atoms with E-state index in [0.717, 1.165) is 18.4 Å². The molecule has 0 saturated carbocycles. The van der Waals surface area contributed by atoms with Gasteiger partial charge in [0, 0.05) is 19.7 Å². The minimum atomic E-state index is -0.818. The first-order chi connectivity index (χ1) is 13.6. The molecule has 28 heavy (non-hydrogen) atoms. The van der Waals surface area contributed by atoms with Gasteiger partial charge in [-0.25, -0.2) is 0 Å². The van der Waals surface area contributed by atoms with E-state index in [2.05, 4.69) is 16.0 Å². The van der Waals surface area contributed by atoms with Crippen molar-refractivity contribution in [2.45, 2.75) is 25.5 Å². The van der Waals surface area contributed by atoms with Gasteiger partial charge in [0.2, 0.25) is 0 Å². The molecule has 3 amide bonds. The summed E-state index contributed by atoms with van der Waals surface area (Å²) in [5.74, 6) is -1.91. The van der Waals surface area contributed by atoms with Crippen LogP contribution in [0.25, 0.3) is 0 Å². The lowest BCUT2D eigenvalue weighted by Gasteiger charge is -2.13. The van der Waals surface area contributed by atoms with E-state index in [1.807, 2.05) is 30.3 Å². The number of amides is 3. The van der Waals surface area contributed by atoms with Crippen LogP contribution >= 0.6 is 0 Å². The van der Waals surface area contributed by atoms with E-state index in [0.29, 0.717) is 25.3 Å². The van der Waals surface area contributed by atoms with Crippen LogP contribution in [0.4, 0.5) is 5.69 Å². The van der Waals surface area contributed by atoms with Crippen LogP contribution in [0.5, 0.6) is 0 Å². The normalized spacial score (nSPS) is 15.6. The molecule has 7 nitrogen and oxygen atoms in total. The number of nitrogens with one attached hydrogen (secondary N) is 3. The molecular weight excluding hydrogens is 358 g/mol. The monoisotopic (exact) mass is 381 g/mol. The number of para-hydroxylation sites is 1. The number of benzene rings is 2. The Balaban J connectivity index is 1.57. The van der Waals surface area contributed by atoms with Gasteiger partial charge in [-0.1, -0.05) is 42.5 Å². The molecule has 1 fully saturated rings. The second-order valence-electron chi connectivity index (χ2n) is 6.51. The summed E-state index contributed by atoms with van der Waals surface area (Å²) in [4.78, 5) is 36.7. The first kappa shape index (κ1) is 19.6.